The van der Waals surface area contributed by atoms with Crippen molar-refractivity contribution in [1.29, 1.82) is 0 Å². The zero-order valence-corrected chi connectivity index (χ0v) is 17.5. The minimum atomic E-state index is -0.591. The first-order chi connectivity index (χ1) is 15.5. The number of carbonyl (C=O) groups excluding carboxylic acids is 1. The summed E-state index contributed by atoms with van der Waals surface area (Å²) in [5.74, 6) is 0.0263. The van der Waals surface area contributed by atoms with Crippen molar-refractivity contribution in [2.45, 2.75) is 13.0 Å². The lowest BCUT2D eigenvalue weighted by Crippen LogP contribution is -2.34. The molecule has 3 aromatic carbocycles. The van der Waals surface area contributed by atoms with E-state index in [0.717, 1.165) is 11.3 Å². The fourth-order valence-corrected chi connectivity index (χ4v) is 3.50. The van der Waals surface area contributed by atoms with E-state index in [4.69, 9.17) is 4.74 Å². The number of methoxy groups -OCH3 is 1. The highest BCUT2D eigenvalue weighted by Crippen LogP contribution is 2.16. The molecule has 1 N–H and O–H groups in total. The number of nitrogens with zero attached hydrogens (tertiary/aromatic N) is 2. The number of ether oxygens (including phenoxy) is 1. The number of rotatable bonds is 7. The van der Waals surface area contributed by atoms with E-state index in [1.165, 1.54) is 23.1 Å². The number of aromatic nitrogens is 2. The lowest BCUT2D eigenvalue weighted by Gasteiger charge is -2.23. The fourth-order valence-electron chi connectivity index (χ4n) is 3.50. The van der Waals surface area contributed by atoms with Gasteiger partial charge in [0.2, 0.25) is 0 Å². The third-order valence-electron chi connectivity index (χ3n) is 5.22. The van der Waals surface area contributed by atoms with Gasteiger partial charge in [-0.05, 0) is 48.4 Å². The molecule has 0 aliphatic carbocycles. The molecule has 0 spiro atoms. The number of amides is 1. The Morgan fingerprint density at radius 1 is 1.03 bits per heavy atom. The predicted molar refractivity (Wildman–Crippen MR) is 120 cm³/mol. The van der Waals surface area contributed by atoms with Crippen molar-refractivity contribution in [3.8, 4) is 5.75 Å². The number of para-hydroxylation sites is 1. The Hall–Kier alpha value is -4.00. The van der Waals surface area contributed by atoms with E-state index in [-0.39, 0.29) is 17.7 Å². The molecule has 7 heteroatoms. The van der Waals surface area contributed by atoms with Crippen molar-refractivity contribution in [2.75, 3.05) is 13.7 Å². The summed E-state index contributed by atoms with van der Waals surface area (Å²) < 4.78 is 19.5. The van der Waals surface area contributed by atoms with Crippen LogP contribution >= 0.6 is 0 Å². The van der Waals surface area contributed by atoms with E-state index in [2.05, 4.69) is 9.97 Å². The third kappa shape index (κ3) is 4.67. The Morgan fingerprint density at radius 3 is 2.50 bits per heavy atom. The summed E-state index contributed by atoms with van der Waals surface area (Å²) in [4.78, 5) is 34.4. The van der Waals surface area contributed by atoms with Crippen LogP contribution in [0.4, 0.5) is 4.39 Å². The van der Waals surface area contributed by atoms with Gasteiger partial charge in [0.15, 0.2) is 0 Å². The summed E-state index contributed by atoms with van der Waals surface area (Å²) in [6, 6.07) is 20.4. The molecule has 1 heterocycles. The van der Waals surface area contributed by atoms with Crippen LogP contribution in [0, 0.1) is 5.82 Å². The Balaban J connectivity index is 1.62. The minimum absolute atomic E-state index is 0.0228. The van der Waals surface area contributed by atoms with Crippen molar-refractivity contribution in [1.82, 2.24) is 14.9 Å². The first-order valence-electron chi connectivity index (χ1n) is 10.2. The van der Waals surface area contributed by atoms with Gasteiger partial charge in [0.1, 0.15) is 17.4 Å². The molecule has 0 unspecified atom stereocenters. The van der Waals surface area contributed by atoms with E-state index in [1.807, 2.05) is 24.3 Å². The van der Waals surface area contributed by atoms with Gasteiger partial charge >= 0.3 is 0 Å². The molecule has 0 aliphatic heterocycles. The van der Waals surface area contributed by atoms with Crippen molar-refractivity contribution in [3.63, 3.8) is 0 Å². The lowest BCUT2D eigenvalue weighted by atomic mass is 10.1. The molecule has 1 aromatic heterocycles. The molecular weight excluding hydrogens is 409 g/mol. The SMILES string of the molecule is COc1ccc(CCN(Cc2nc3ccccc3c(=O)[nH]2)C(=O)c2ccccc2F)cc1. The quantitative estimate of drug-likeness (QED) is 0.481. The number of H-pyrrole nitrogens is 1. The smallest absolute Gasteiger partial charge is 0.258 e. The average Bonchev–Trinajstić information content (AvgIpc) is 2.82. The number of carbonyl (C=O) groups is 1. The number of hydrogen-bond donors (Lipinski definition) is 1. The van der Waals surface area contributed by atoms with Gasteiger partial charge in [-0.3, -0.25) is 9.59 Å². The van der Waals surface area contributed by atoms with Crippen LogP contribution in [-0.2, 0) is 13.0 Å². The zero-order chi connectivity index (χ0) is 22.5. The third-order valence-corrected chi connectivity index (χ3v) is 5.22. The molecule has 0 atom stereocenters. The summed E-state index contributed by atoms with van der Waals surface area (Å²) in [6.45, 7) is 0.361. The maximum Gasteiger partial charge on any atom is 0.258 e. The van der Waals surface area contributed by atoms with Gasteiger partial charge in [0.25, 0.3) is 11.5 Å². The number of halogens is 1. The summed E-state index contributed by atoms with van der Waals surface area (Å²) in [7, 11) is 1.60. The molecule has 0 bridgehead atoms. The fraction of sp³-hybridized carbons (Fsp3) is 0.160. The zero-order valence-electron chi connectivity index (χ0n) is 17.5. The van der Waals surface area contributed by atoms with Gasteiger partial charge in [-0.2, -0.15) is 0 Å². The minimum Gasteiger partial charge on any atom is -0.497 e. The van der Waals surface area contributed by atoms with Gasteiger partial charge in [0, 0.05) is 6.54 Å². The second-order valence-corrected chi connectivity index (χ2v) is 7.33. The highest BCUT2D eigenvalue weighted by molar-refractivity contribution is 5.94. The summed E-state index contributed by atoms with van der Waals surface area (Å²) >= 11 is 0. The Bertz CT molecular complexity index is 1300. The maximum atomic E-state index is 14.3. The van der Waals surface area contributed by atoms with Crippen LogP contribution < -0.4 is 10.3 Å². The molecule has 6 nitrogen and oxygen atoms in total. The highest BCUT2D eigenvalue weighted by Gasteiger charge is 2.20. The molecule has 0 fully saturated rings. The van der Waals surface area contributed by atoms with Gasteiger partial charge in [-0.1, -0.05) is 36.4 Å². The van der Waals surface area contributed by atoms with Gasteiger partial charge < -0.3 is 14.6 Å². The van der Waals surface area contributed by atoms with Crippen molar-refractivity contribution in [2.24, 2.45) is 0 Å². The van der Waals surface area contributed by atoms with Crippen LogP contribution in [-0.4, -0.2) is 34.4 Å². The van der Waals surface area contributed by atoms with Crippen LogP contribution in [0.2, 0.25) is 0 Å². The Morgan fingerprint density at radius 2 is 1.75 bits per heavy atom. The second kappa shape index (κ2) is 9.43. The topological polar surface area (TPSA) is 75.3 Å². The van der Waals surface area contributed by atoms with Crippen molar-refractivity contribution >= 4 is 16.8 Å². The van der Waals surface area contributed by atoms with Crippen LogP contribution in [0.1, 0.15) is 21.7 Å². The number of benzene rings is 3. The van der Waals surface area contributed by atoms with Crippen LogP contribution in [0.25, 0.3) is 10.9 Å². The molecule has 0 radical (unpaired) electrons. The Labute approximate surface area is 184 Å². The molecule has 1 amide bonds. The van der Waals surface area contributed by atoms with Crippen LogP contribution in [0.3, 0.4) is 0 Å². The first-order valence-corrected chi connectivity index (χ1v) is 10.2. The van der Waals surface area contributed by atoms with Gasteiger partial charge in [0.05, 0.1) is 30.1 Å². The van der Waals surface area contributed by atoms with Gasteiger partial charge in [-0.15, -0.1) is 0 Å². The molecule has 32 heavy (non-hydrogen) atoms. The molecule has 0 saturated heterocycles. The number of nitrogens with one attached hydrogen (secondary N) is 1. The molecular formula is C25H22FN3O3. The molecule has 0 aliphatic rings. The molecule has 4 rings (SSSR count). The number of aromatic amines is 1. The first kappa shape index (κ1) is 21.2. The van der Waals surface area contributed by atoms with E-state index in [9.17, 15) is 14.0 Å². The van der Waals surface area contributed by atoms with Crippen molar-refractivity contribution in [3.05, 3.63) is 106 Å². The summed E-state index contributed by atoms with van der Waals surface area (Å²) in [5, 5.41) is 0.474. The highest BCUT2D eigenvalue weighted by atomic mass is 19.1. The number of hydrogen-bond acceptors (Lipinski definition) is 4. The van der Waals surface area contributed by atoms with Crippen LogP contribution in [0.5, 0.6) is 5.75 Å². The average molecular weight is 431 g/mol. The monoisotopic (exact) mass is 431 g/mol. The summed E-state index contributed by atoms with van der Waals surface area (Å²) in [6.07, 6.45) is 0.544. The number of fused-ring (bicyclic) bond motifs is 1. The molecule has 162 valence electrons. The van der Waals surface area contributed by atoms with E-state index in [1.54, 1.807) is 37.4 Å². The molecule has 4 aromatic rings. The largest absolute Gasteiger partial charge is 0.497 e. The predicted octanol–water partition coefficient (Wildman–Crippen LogP) is 3.96. The van der Waals surface area contributed by atoms with E-state index >= 15 is 0 Å². The summed E-state index contributed by atoms with van der Waals surface area (Å²) in [5.41, 5.74) is 1.24. The normalized spacial score (nSPS) is 10.8. The second-order valence-electron chi connectivity index (χ2n) is 7.33. The van der Waals surface area contributed by atoms with Gasteiger partial charge in [-0.25, -0.2) is 9.37 Å². The Kier molecular flexibility index (Phi) is 6.26. The van der Waals surface area contributed by atoms with E-state index in [0.29, 0.717) is 29.7 Å². The van der Waals surface area contributed by atoms with E-state index < -0.39 is 11.7 Å². The van der Waals surface area contributed by atoms with Crippen molar-refractivity contribution < 1.29 is 13.9 Å². The molecule has 0 saturated carbocycles. The maximum absolute atomic E-state index is 14.3. The lowest BCUT2D eigenvalue weighted by molar-refractivity contribution is 0.0736. The standard InChI is InChI=1S/C25H22FN3O3/c1-32-18-12-10-17(11-13-18)14-15-29(25(31)19-6-2-4-8-21(19)26)16-23-27-22-9-5-3-7-20(22)24(30)28-23/h2-13H,14-16H2,1H3,(H,27,28,30). The van der Waals surface area contributed by atoms with Crippen LogP contribution in [0.15, 0.2) is 77.6 Å².